The van der Waals surface area contributed by atoms with E-state index in [2.05, 4.69) is 44.5 Å². The molecule has 20 heavy (non-hydrogen) atoms. The van der Waals surface area contributed by atoms with Crippen LogP contribution < -0.4 is 0 Å². The van der Waals surface area contributed by atoms with Gasteiger partial charge in [-0.15, -0.1) is 0 Å². The fourth-order valence-corrected chi connectivity index (χ4v) is 4.59. The second-order valence-corrected chi connectivity index (χ2v) is 6.89. The smallest absolute Gasteiger partial charge is 0.0869 e. The number of nitrogens with zero attached hydrogens (tertiary/aromatic N) is 3. The van der Waals surface area contributed by atoms with E-state index in [0.29, 0.717) is 6.04 Å². The molecule has 0 aliphatic carbocycles. The van der Waals surface area contributed by atoms with E-state index in [1.165, 1.54) is 12.1 Å². The van der Waals surface area contributed by atoms with Crippen molar-refractivity contribution in [3.63, 3.8) is 0 Å². The first-order chi connectivity index (χ1) is 9.59. The summed E-state index contributed by atoms with van der Waals surface area (Å²) < 4.78 is 3.16. The highest BCUT2D eigenvalue weighted by Gasteiger charge is 2.48. The Morgan fingerprint density at radius 3 is 2.90 bits per heavy atom. The van der Waals surface area contributed by atoms with Crippen molar-refractivity contribution in [2.75, 3.05) is 13.1 Å². The zero-order chi connectivity index (χ0) is 14.3. The molecule has 5 heteroatoms. The van der Waals surface area contributed by atoms with Crippen molar-refractivity contribution in [3.8, 4) is 0 Å². The van der Waals surface area contributed by atoms with Crippen LogP contribution in [0.2, 0.25) is 0 Å². The second-order valence-electron chi connectivity index (χ2n) is 6.10. The lowest BCUT2D eigenvalue weighted by Gasteiger charge is -2.30. The minimum absolute atomic E-state index is 0.347. The summed E-state index contributed by atoms with van der Waals surface area (Å²) in [5.41, 5.74) is 1.70. The number of hydrogen-bond donors (Lipinski definition) is 1. The van der Waals surface area contributed by atoms with E-state index in [1.54, 1.807) is 0 Å². The normalized spacial score (nSPS) is 30.1. The quantitative estimate of drug-likeness (QED) is 0.913. The number of aromatic nitrogens is 2. The van der Waals surface area contributed by atoms with Gasteiger partial charge in [-0.05, 0) is 55.1 Å². The topological polar surface area (TPSA) is 41.3 Å². The van der Waals surface area contributed by atoms with Crippen molar-refractivity contribution in [2.45, 2.75) is 64.1 Å². The van der Waals surface area contributed by atoms with Crippen LogP contribution in [0, 0.1) is 0 Å². The van der Waals surface area contributed by atoms with Crippen LogP contribution in [0.15, 0.2) is 4.47 Å². The van der Waals surface area contributed by atoms with Gasteiger partial charge in [0.05, 0.1) is 21.5 Å². The highest BCUT2D eigenvalue weighted by molar-refractivity contribution is 9.10. The Bertz CT molecular complexity index is 502. The number of aryl methyl sites for hydroxylation is 2. The van der Waals surface area contributed by atoms with Gasteiger partial charge in [0.1, 0.15) is 0 Å². The highest BCUT2D eigenvalue weighted by Crippen LogP contribution is 2.39. The van der Waals surface area contributed by atoms with Crippen molar-refractivity contribution < 1.29 is 5.11 Å². The van der Waals surface area contributed by atoms with Gasteiger partial charge in [0.25, 0.3) is 0 Å². The van der Waals surface area contributed by atoms with E-state index in [1.807, 2.05) is 0 Å². The molecule has 0 amide bonds. The largest absolute Gasteiger partial charge is 0.388 e. The maximum atomic E-state index is 11.1. The Hall–Kier alpha value is -0.390. The van der Waals surface area contributed by atoms with Crippen molar-refractivity contribution in [3.05, 3.63) is 15.9 Å². The molecule has 0 saturated carbocycles. The Morgan fingerprint density at radius 1 is 1.40 bits per heavy atom. The lowest BCUT2D eigenvalue weighted by atomic mass is 9.88. The molecule has 0 aromatic carbocycles. The predicted octanol–water partition coefficient (Wildman–Crippen LogP) is 2.37. The third-order valence-electron chi connectivity index (χ3n) is 4.98. The molecule has 3 rings (SSSR count). The van der Waals surface area contributed by atoms with Gasteiger partial charge >= 0.3 is 0 Å². The first kappa shape index (κ1) is 14.5. The molecule has 0 radical (unpaired) electrons. The molecule has 3 heterocycles. The van der Waals surface area contributed by atoms with Crippen LogP contribution in [-0.4, -0.2) is 44.5 Å². The first-order valence-corrected chi connectivity index (χ1v) is 8.59. The van der Waals surface area contributed by atoms with E-state index in [0.717, 1.165) is 55.5 Å². The van der Waals surface area contributed by atoms with Crippen LogP contribution in [-0.2, 0) is 19.4 Å². The van der Waals surface area contributed by atoms with Crippen LogP contribution >= 0.6 is 15.9 Å². The van der Waals surface area contributed by atoms with Gasteiger partial charge in [-0.1, -0.05) is 6.92 Å². The molecule has 2 unspecified atom stereocenters. The van der Waals surface area contributed by atoms with E-state index in [9.17, 15) is 5.11 Å². The summed E-state index contributed by atoms with van der Waals surface area (Å²) in [6, 6.07) is 0.347. The Labute approximate surface area is 129 Å². The van der Waals surface area contributed by atoms with E-state index < -0.39 is 5.60 Å². The molecule has 2 aliphatic heterocycles. The number of aliphatic hydroxyl groups is 1. The fourth-order valence-electron chi connectivity index (χ4n) is 3.89. The lowest BCUT2D eigenvalue weighted by molar-refractivity contribution is 0.0122. The SMILES string of the molecule is CCc1nn(CC)c(CC2(O)CCN3CCCC32)c1Br. The van der Waals surface area contributed by atoms with E-state index in [4.69, 9.17) is 0 Å². The van der Waals surface area contributed by atoms with Crippen molar-refractivity contribution in [2.24, 2.45) is 0 Å². The maximum Gasteiger partial charge on any atom is 0.0869 e. The fraction of sp³-hybridized carbons (Fsp3) is 0.800. The Balaban J connectivity index is 1.89. The van der Waals surface area contributed by atoms with Crippen molar-refractivity contribution in [1.82, 2.24) is 14.7 Å². The van der Waals surface area contributed by atoms with Crippen molar-refractivity contribution in [1.29, 1.82) is 0 Å². The van der Waals surface area contributed by atoms with Gasteiger partial charge in [0.15, 0.2) is 0 Å². The van der Waals surface area contributed by atoms with Gasteiger partial charge in [-0.25, -0.2) is 0 Å². The Morgan fingerprint density at radius 2 is 2.20 bits per heavy atom. The third kappa shape index (κ3) is 2.24. The van der Waals surface area contributed by atoms with Crippen LogP contribution in [0.3, 0.4) is 0 Å². The number of hydrogen-bond acceptors (Lipinski definition) is 3. The van der Waals surface area contributed by atoms with Gasteiger partial charge in [-0.3, -0.25) is 9.58 Å². The number of rotatable bonds is 4. The predicted molar refractivity (Wildman–Crippen MR) is 82.8 cm³/mol. The highest BCUT2D eigenvalue weighted by atomic mass is 79.9. The summed E-state index contributed by atoms with van der Waals surface area (Å²) in [5.74, 6) is 0. The summed E-state index contributed by atoms with van der Waals surface area (Å²) in [6.07, 6.45) is 4.89. The average Bonchev–Trinajstić information content (AvgIpc) is 3.09. The molecular weight excluding hydrogens is 318 g/mol. The molecule has 2 saturated heterocycles. The molecule has 2 atom stereocenters. The summed E-state index contributed by atoms with van der Waals surface area (Å²) in [7, 11) is 0. The zero-order valence-corrected chi connectivity index (χ0v) is 14.0. The monoisotopic (exact) mass is 341 g/mol. The molecule has 112 valence electrons. The zero-order valence-electron chi connectivity index (χ0n) is 12.4. The molecule has 1 N–H and O–H groups in total. The van der Waals surface area contributed by atoms with Crippen LogP contribution in [0.1, 0.15) is 44.5 Å². The molecule has 2 fully saturated rings. The second kappa shape index (κ2) is 5.43. The van der Waals surface area contributed by atoms with Gasteiger partial charge in [0.2, 0.25) is 0 Å². The average molecular weight is 342 g/mol. The molecule has 2 aliphatic rings. The summed E-state index contributed by atoms with van der Waals surface area (Å²) in [4.78, 5) is 2.46. The van der Waals surface area contributed by atoms with Crippen molar-refractivity contribution >= 4 is 15.9 Å². The Kier molecular flexibility index (Phi) is 3.95. The minimum atomic E-state index is -0.572. The first-order valence-electron chi connectivity index (χ1n) is 7.79. The van der Waals surface area contributed by atoms with Gasteiger partial charge in [-0.2, -0.15) is 5.10 Å². The molecule has 0 bridgehead atoms. The summed E-state index contributed by atoms with van der Waals surface area (Å²) in [6.45, 7) is 7.29. The van der Waals surface area contributed by atoms with Gasteiger partial charge < -0.3 is 5.11 Å². The van der Waals surface area contributed by atoms with Crippen LogP contribution in [0.5, 0.6) is 0 Å². The standard InChI is InChI=1S/C15H24BrN3O/c1-3-11-14(16)12(19(4-2)17-11)10-15(20)7-9-18-8-5-6-13(15)18/h13,20H,3-10H2,1-2H3. The molecular formula is C15H24BrN3O. The molecule has 1 aromatic heterocycles. The van der Waals surface area contributed by atoms with Crippen LogP contribution in [0.25, 0.3) is 0 Å². The van der Waals surface area contributed by atoms with Crippen LogP contribution in [0.4, 0.5) is 0 Å². The van der Waals surface area contributed by atoms with E-state index >= 15 is 0 Å². The molecule has 4 nitrogen and oxygen atoms in total. The van der Waals surface area contributed by atoms with E-state index in [-0.39, 0.29) is 0 Å². The maximum absolute atomic E-state index is 11.1. The third-order valence-corrected chi connectivity index (χ3v) is 5.90. The number of fused-ring (bicyclic) bond motifs is 1. The molecule has 1 aromatic rings. The molecule has 0 spiro atoms. The number of halogens is 1. The van der Waals surface area contributed by atoms with Gasteiger partial charge in [0, 0.05) is 25.6 Å². The minimum Gasteiger partial charge on any atom is -0.388 e. The lowest BCUT2D eigenvalue weighted by Crippen LogP contribution is -2.43. The summed E-state index contributed by atoms with van der Waals surface area (Å²) in [5, 5.41) is 15.8. The summed E-state index contributed by atoms with van der Waals surface area (Å²) >= 11 is 3.70.